The second kappa shape index (κ2) is 8.35. The maximum atomic E-state index is 12.1. The van der Waals surface area contributed by atoms with Crippen LogP contribution in [0.2, 0.25) is 0 Å². The van der Waals surface area contributed by atoms with Gasteiger partial charge in [-0.25, -0.2) is 4.98 Å². The van der Waals surface area contributed by atoms with Gasteiger partial charge in [-0.1, -0.05) is 0 Å². The third-order valence-electron chi connectivity index (χ3n) is 4.57. The van der Waals surface area contributed by atoms with Gasteiger partial charge in [-0.2, -0.15) is 13.9 Å². The summed E-state index contributed by atoms with van der Waals surface area (Å²) in [6.45, 7) is 3.19. The van der Waals surface area contributed by atoms with Gasteiger partial charge in [-0.3, -0.25) is 5.10 Å². The highest BCUT2D eigenvalue weighted by molar-refractivity contribution is 5.94. The topological polar surface area (TPSA) is 63.3 Å². The molecule has 146 valence electrons. The number of aromatic nitrogens is 3. The highest BCUT2D eigenvalue weighted by Gasteiger charge is 2.15. The number of ether oxygens (including phenoxy) is 2. The van der Waals surface area contributed by atoms with Crippen LogP contribution in [0.25, 0.3) is 22.2 Å². The Labute approximate surface area is 160 Å². The zero-order chi connectivity index (χ0) is 19.3. The van der Waals surface area contributed by atoms with Gasteiger partial charge in [0.2, 0.25) is 0 Å². The summed E-state index contributed by atoms with van der Waals surface area (Å²) in [7, 11) is 0. The van der Waals surface area contributed by atoms with Crippen molar-refractivity contribution in [2.45, 2.75) is 6.42 Å². The van der Waals surface area contributed by atoms with E-state index in [0.29, 0.717) is 19.0 Å². The highest BCUT2D eigenvalue weighted by atomic mass is 19.3. The number of morpholine rings is 1. The molecule has 8 heteroatoms. The molecule has 0 spiro atoms. The van der Waals surface area contributed by atoms with Gasteiger partial charge in [0.05, 0.1) is 25.3 Å². The monoisotopic (exact) mass is 386 g/mol. The number of fused-ring (bicyclic) bond motifs is 1. The highest BCUT2D eigenvalue weighted by Crippen LogP contribution is 2.30. The molecule has 0 bridgehead atoms. The molecule has 1 saturated heterocycles. The minimum atomic E-state index is -1.69. The Morgan fingerprint density at radius 1 is 1.21 bits per heavy atom. The lowest BCUT2D eigenvalue weighted by molar-refractivity contribution is 0.122. The molecule has 1 aromatic carbocycles. The number of aromatic amines is 1. The Kier molecular flexibility index (Phi) is 5.48. The van der Waals surface area contributed by atoms with Gasteiger partial charge in [-0.15, -0.1) is 0 Å². The van der Waals surface area contributed by atoms with Crippen LogP contribution < -0.4 is 9.64 Å². The largest absolute Gasteiger partial charge is 0.493 e. The quantitative estimate of drug-likeness (QED) is 0.649. The number of nitrogens with zero attached hydrogens (tertiary/aromatic N) is 3. The summed E-state index contributed by atoms with van der Waals surface area (Å²) in [5, 5.41) is 8.39. The molecule has 2 aromatic heterocycles. The predicted molar refractivity (Wildman–Crippen MR) is 103 cm³/mol. The first-order chi connectivity index (χ1) is 13.7. The molecule has 6 nitrogen and oxygen atoms in total. The number of benzene rings is 1. The molecule has 0 aliphatic carbocycles. The second-order valence-corrected chi connectivity index (χ2v) is 6.41. The van der Waals surface area contributed by atoms with Gasteiger partial charge in [-0.05, 0) is 36.4 Å². The maximum Gasteiger partial charge on any atom is 0.266 e. The number of H-pyrrole nitrogens is 1. The Balaban J connectivity index is 1.58. The molecule has 0 unspecified atom stereocenters. The summed E-state index contributed by atoms with van der Waals surface area (Å²) in [5.74, 6) is 1.51. The lowest BCUT2D eigenvalue weighted by atomic mass is 10.1. The van der Waals surface area contributed by atoms with Crippen molar-refractivity contribution in [3.05, 3.63) is 48.7 Å². The molecule has 1 aliphatic rings. The Morgan fingerprint density at radius 2 is 2.07 bits per heavy atom. The molecule has 1 fully saturated rings. The summed E-state index contributed by atoms with van der Waals surface area (Å²) < 4.78 is 35.2. The number of nitrogens with one attached hydrogen (secondary N) is 1. The van der Waals surface area contributed by atoms with Gasteiger partial charge >= 0.3 is 0 Å². The SMILES string of the molecule is FC(F)=CCCOc1ccc2[nH]nc(-c3ccnc(N4CCOCC4)c3)c2c1. The molecule has 0 atom stereocenters. The van der Waals surface area contributed by atoms with Gasteiger partial charge in [0.1, 0.15) is 17.3 Å². The number of halogens is 2. The van der Waals surface area contributed by atoms with E-state index in [0.717, 1.165) is 47.1 Å². The molecule has 3 aromatic rings. The Morgan fingerprint density at radius 3 is 2.89 bits per heavy atom. The summed E-state index contributed by atoms with van der Waals surface area (Å²) >= 11 is 0. The van der Waals surface area contributed by atoms with E-state index in [-0.39, 0.29) is 13.0 Å². The fourth-order valence-corrected chi connectivity index (χ4v) is 3.18. The third-order valence-corrected chi connectivity index (χ3v) is 4.57. The molecular formula is C20H20F2N4O2. The van der Waals surface area contributed by atoms with Crippen LogP contribution in [0.1, 0.15) is 6.42 Å². The van der Waals surface area contributed by atoms with Crippen molar-refractivity contribution >= 4 is 16.7 Å². The van der Waals surface area contributed by atoms with Crippen LogP contribution in [0.5, 0.6) is 5.75 Å². The van der Waals surface area contributed by atoms with Crippen molar-refractivity contribution in [3.8, 4) is 17.0 Å². The minimum Gasteiger partial charge on any atom is -0.493 e. The van der Waals surface area contributed by atoms with Crippen LogP contribution in [-0.4, -0.2) is 48.1 Å². The van der Waals surface area contributed by atoms with E-state index < -0.39 is 6.08 Å². The van der Waals surface area contributed by atoms with Gasteiger partial charge in [0.25, 0.3) is 6.08 Å². The van der Waals surface area contributed by atoms with E-state index in [9.17, 15) is 8.78 Å². The van der Waals surface area contributed by atoms with E-state index in [2.05, 4.69) is 20.1 Å². The third kappa shape index (κ3) is 4.12. The average molecular weight is 386 g/mol. The Hall–Kier alpha value is -3.00. The number of rotatable bonds is 6. The first-order valence-electron chi connectivity index (χ1n) is 9.12. The molecule has 3 heterocycles. The van der Waals surface area contributed by atoms with Crippen molar-refractivity contribution in [1.29, 1.82) is 0 Å². The second-order valence-electron chi connectivity index (χ2n) is 6.41. The molecule has 0 radical (unpaired) electrons. The van der Waals surface area contributed by atoms with Gasteiger partial charge < -0.3 is 14.4 Å². The number of pyridine rings is 1. The molecule has 0 amide bonds. The molecule has 28 heavy (non-hydrogen) atoms. The van der Waals surface area contributed by atoms with Crippen LogP contribution >= 0.6 is 0 Å². The van der Waals surface area contributed by atoms with E-state index in [1.165, 1.54) is 0 Å². The Bertz CT molecular complexity index is 979. The van der Waals surface area contributed by atoms with Crippen molar-refractivity contribution in [1.82, 2.24) is 15.2 Å². The van der Waals surface area contributed by atoms with Crippen LogP contribution in [-0.2, 0) is 4.74 Å². The fraction of sp³-hybridized carbons (Fsp3) is 0.300. The lowest BCUT2D eigenvalue weighted by Crippen LogP contribution is -2.36. The van der Waals surface area contributed by atoms with Crippen LogP contribution in [0.4, 0.5) is 14.6 Å². The van der Waals surface area contributed by atoms with E-state index >= 15 is 0 Å². The van der Waals surface area contributed by atoms with E-state index in [1.54, 1.807) is 12.3 Å². The number of hydrogen-bond donors (Lipinski definition) is 1. The van der Waals surface area contributed by atoms with Crippen LogP contribution in [0.15, 0.2) is 48.7 Å². The zero-order valence-electron chi connectivity index (χ0n) is 15.2. The van der Waals surface area contributed by atoms with E-state index in [1.807, 2.05) is 24.3 Å². The van der Waals surface area contributed by atoms with Crippen molar-refractivity contribution in [3.63, 3.8) is 0 Å². The normalized spacial score (nSPS) is 14.3. The van der Waals surface area contributed by atoms with Crippen molar-refractivity contribution < 1.29 is 18.3 Å². The lowest BCUT2D eigenvalue weighted by Gasteiger charge is -2.27. The predicted octanol–water partition coefficient (Wildman–Crippen LogP) is 4.01. The summed E-state index contributed by atoms with van der Waals surface area (Å²) in [6.07, 6.45) is 1.10. The maximum absolute atomic E-state index is 12.1. The summed E-state index contributed by atoms with van der Waals surface area (Å²) in [4.78, 5) is 6.66. The first-order valence-corrected chi connectivity index (χ1v) is 9.12. The standard InChI is InChI=1S/C20H20F2N4O2/c21-18(22)2-1-9-28-15-3-4-17-16(13-15)20(25-24-17)14-5-6-23-19(12-14)26-7-10-27-11-8-26/h2-6,12-13H,1,7-11H2,(H,24,25). The van der Waals surface area contributed by atoms with Crippen LogP contribution in [0, 0.1) is 0 Å². The first kappa shape index (κ1) is 18.4. The molecule has 1 N–H and O–H groups in total. The summed E-state index contributed by atoms with van der Waals surface area (Å²) in [5.41, 5.74) is 2.62. The average Bonchev–Trinajstić information content (AvgIpc) is 3.15. The number of anilines is 1. The van der Waals surface area contributed by atoms with Crippen molar-refractivity contribution in [2.75, 3.05) is 37.8 Å². The fourth-order valence-electron chi connectivity index (χ4n) is 3.18. The molecule has 0 saturated carbocycles. The molecular weight excluding hydrogens is 366 g/mol. The summed E-state index contributed by atoms with van der Waals surface area (Å²) in [6, 6.07) is 9.48. The van der Waals surface area contributed by atoms with Crippen molar-refractivity contribution in [2.24, 2.45) is 0 Å². The number of hydrogen-bond acceptors (Lipinski definition) is 5. The van der Waals surface area contributed by atoms with E-state index in [4.69, 9.17) is 9.47 Å². The molecule has 4 rings (SSSR count). The smallest absolute Gasteiger partial charge is 0.266 e. The van der Waals surface area contributed by atoms with Gasteiger partial charge in [0, 0.05) is 36.7 Å². The van der Waals surface area contributed by atoms with Crippen LogP contribution in [0.3, 0.4) is 0 Å². The molecule has 1 aliphatic heterocycles. The van der Waals surface area contributed by atoms with Gasteiger partial charge in [0.15, 0.2) is 0 Å². The zero-order valence-corrected chi connectivity index (χ0v) is 15.2. The minimum absolute atomic E-state index is 0.159.